The third-order valence-electron chi connectivity index (χ3n) is 5.99. The number of pyridine rings is 1. The first-order chi connectivity index (χ1) is 18.0. The number of rotatable bonds is 5. The van der Waals surface area contributed by atoms with E-state index in [4.69, 9.17) is 20.2 Å². The van der Waals surface area contributed by atoms with Crippen LogP contribution in [-0.2, 0) is 0 Å². The molecule has 0 bridgehead atoms. The van der Waals surface area contributed by atoms with Gasteiger partial charge < -0.3 is 20.5 Å². The molecule has 0 atom stereocenters. The molecule has 10 heteroatoms. The number of amides is 1. The third kappa shape index (κ3) is 4.09. The van der Waals surface area contributed by atoms with E-state index in [0.29, 0.717) is 38.0 Å². The number of nitrogens with one attached hydrogen (secondary N) is 1. The van der Waals surface area contributed by atoms with Crippen LogP contribution in [0.2, 0.25) is 0 Å². The van der Waals surface area contributed by atoms with Crippen LogP contribution in [0, 0.1) is 10.1 Å². The Balaban J connectivity index is 1.46. The van der Waals surface area contributed by atoms with Crippen molar-refractivity contribution in [3.05, 3.63) is 93.9 Å². The van der Waals surface area contributed by atoms with Crippen molar-refractivity contribution >= 4 is 44.5 Å². The summed E-state index contributed by atoms with van der Waals surface area (Å²) in [6.07, 6.45) is 0. The van der Waals surface area contributed by atoms with E-state index in [9.17, 15) is 14.9 Å². The largest absolute Gasteiger partial charge is 0.454 e. The van der Waals surface area contributed by atoms with Gasteiger partial charge in [-0.3, -0.25) is 14.9 Å². The van der Waals surface area contributed by atoms with Gasteiger partial charge >= 0.3 is 0 Å². The van der Waals surface area contributed by atoms with E-state index >= 15 is 0 Å². The highest BCUT2D eigenvalue weighted by Crippen LogP contribution is 2.44. The Morgan fingerprint density at radius 2 is 1.73 bits per heavy atom. The minimum absolute atomic E-state index is 0.0645. The lowest BCUT2D eigenvalue weighted by molar-refractivity contribution is -0.384. The Labute approximate surface area is 214 Å². The van der Waals surface area contributed by atoms with Gasteiger partial charge in [0.1, 0.15) is 9.71 Å². The normalized spacial score (nSPS) is 12.0. The highest BCUT2D eigenvalue weighted by atomic mass is 32.1. The van der Waals surface area contributed by atoms with Crippen LogP contribution in [-0.4, -0.2) is 22.6 Å². The van der Waals surface area contributed by atoms with Crippen molar-refractivity contribution in [1.29, 1.82) is 0 Å². The average molecular weight is 511 g/mol. The van der Waals surface area contributed by atoms with E-state index in [-0.39, 0.29) is 12.5 Å². The number of fused-ring (bicyclic) bond motifs is 2. The summed E-state index contributed by atoms with van der Waals surface area (Å²) >= 11 is 1.19. The molecule has 0 aliphatic carbocycles. The van der Waals surface area contributed by atoms with Crippen molar-refractivity contribution in [3.63, 3.8) is 0 Å². The number of thiophene rings is 1. The first-order valence-corrected chi connectivity index (χ1v) is 12.0. The number of ether oxygens (including phenoxy) is 2. The maximum atomic E-state index is 13.2. The number of carbonyl (C=O) groups excluding carboxylic acids is 1. The van der Waals surface area contributed by atoms with Crippen LogP contribution >= 0.6 is 11.3 Å². The molecule has 3 aromatic carbocycles. The van der Waals surface area contributed by atoms with Crippen molar-refractivity contribution < 1.29 is 19.2 Å². The Morgan fingerprint density at radius 3 is 2.49 bits per heavy atom. The van der Waals surface area contributed by atoms with Crippen molar-refractivity contribution in [2.45, 2.75) is 0 Å². The number of anilines is 2. The average Bonchev–Trinajstić information content (AvgIpc) is 3.53. The van der Waals surface area contributed by atoms with Gasteiger partial charge in [0.2, 0.25) is 6.79 Å². The van der Waals surface area contributed by atoms with Crippen LogP contribution in [0.25, 0.3) is 32.6 Å². The van der Waals surface area contributed by atoms with Gasteiger partial charge in [0, 0.05) is 28.8 Å². The summed E-state index contributed by atoms with van der Waals surface area (Å²) in [7, 11) is 0. The Kier molecular flexibility index (Phi) is 5.42. The lowest BCUT2D eigenvalue weighted by Crippen LogP contribution is -2.11. The summed E-state index contributed by atoms with van der Waals surface area (Å²) in [6.45, 7) is 0.160. The molecule has 37 heavy (non-hydrogen) atoms. The Hall–Kier alpha value is -4.96. The van der Waals surface area contributed by atoms with Gasteiger partial charge in [-0.25, -0.2) is 4.98 Å². The lowest BCUT2D eigenvalue weighted by Gasteiger charge is -2.10. The zero-order valence-electron chi connectivity index (χ0n) is 19.1. The molecule has 0 saturated heterocycles. The summed E-state index contributed by atoms with van der Waals surface area (Å²) in [5, 5.41) is 14.4. The summed E-state index contributed by atoms with van der Waals surface area (Å²) in [4.78, 5) is 29.4. The van der Waals surface area contributed by atoms with Gasteiger partial charge in [-0.1, -0.05) is 36.4 Å². The number of nitro benzene ring substituents is 1. The molecule has 0 fully saturated rings. The number of nitrogens with zero attached hydrogens (tertiary/aromatic N) is 2. The number of hydrogen-bond acceptors (Lipinski definition) is 8. The standard InChI is InChI=1S/C27H18N4O5S/c28-24-23-19(16-6-11-21-22(12-16)36-14-35-21)13-20(15-4-2-1-3-5-15)30-27(23)37-25(24)26(32)29-17-7-9-18(10-8-17)31(33)34/h1-13H,14,28H2,(H,29,32). The molecule has 3 N–H and O–H groups in total. The molecule has 0 spiro atoms. The summed E-state index contributed by atoms with van der Waals surface area (Å²) in [5.74, 6) is 0.875. The molecule has 5 aromatic rings. The fourth-order valence-electron chi connectivity index (χ4n) is 4.19. The molecular formula is C27H18N4O5S. The molecule has 0 radical (unpaired) electrons. The second-order valence-corrected chi connectivity index (χ2v) is 9.27. The SMILES string of the molecule is Nc1c(C(=O)Nc2ccc([N+](=O)[O-])cc2)sc2nc(-c3ccccc3)cc(-c3ccc4c(c3)OCO4)c12. The van der Waals surface area contributed by atoms with Crippen LogP contribution < -0.4 is 20.5 Å². The molecule has 0 saturated carbocycles. The molecule has 6 rings (SSSR count). The topological polar surface area (TPSA) is 130 Å². The van der Waals surface area contributed by atoms with Crippen LogP contribution in [0.15, 0.2) is 78.9 Å². The van der Waals surface area contributed by atoms with E-state index < -0.39 is 10.8 Å². The molecule has 9 nitrogen and oxygen atoms in total. The number of nitrogens with two attached hydrogens (primary N) is 1. The molecular weight excluding hydrogens is 492 g/mol. The zero-order chi connectivity index (χ0) is 25.5. The second-order valence-electron chi connectivity index (χ2n) is 8.27. The second kappa shape index (κ2) is 8.92. The van der Waals surface area contributed by atoms with Crippen LogP contribution in [0.1, 0.15) is 9.67 Å². The van der Waals surface area contributed by atoms with E-state index in [0.717, 1.165) is 22.4 Å². The zero-order valence-corrected chi connectivity index (χ0v) is 20.0. The van der Waals surface area contributed by atoms with Gasteiger partial charge in [0.05, 0.1) is 16.3 Å². The van der Waals surface area contributed by atoms with E-state index in [2.05, 4.69) is 5.32 Å². The smallest absolute Gasteiger partial charge is 0.269 e. The van der Waals surface area contributed by atoms with Crippen LogP contribution in [0.3, 0.4) is 0 Å². The molecule has 1 amide bonds. The monoisotopic (exact) mass is 510 g/mol. The summed E-state index contributed by atoms with van der Waals surface area (Å²) in [6, 6.07) is 23.0. The molecule has 182 valence electrons. The first kappa shape index (κ1) is 22.5. The van der Waals surface area contributed by atoms with Gasteiger partial charge in [-0.15, -0.1) is 11.3 Å². The quantitative estimate of drug-likeness (QED) is 0.216. The van der Waals surface area contributed by atoms with Crippen molar-refractivity contribution in [2.75, 3.05) is 17.8 Å². The highest BCUT2D eigenvalue weighted by Gasteiger charge is 2.23. The van der Waals surface area contributed by atoms with Crippen LogP contribution in [0.4, 0.5) is 17.1 Å². The number of nitro groups is 1. The lowest BCUT2D eigenvalue weighted by atomic mass is 9.99. The number of aromatic nitrogens is 1. The fraction of sp³-hybridized carbons (Fsp3) is 0.0370. The Morgan fingerprint density at radius 1 is 0.973 bits per heavy atom. The molecule has 0 unspecified atom stereocenters. The Bertz CT molecular complexity index is 1680. The summed E-state index contributed by atoms with van der Waals surface area (Å²) < 4.78 is 11.0. The van der Waals surface area contributed by atoms with Crippen molar-refractivity contribution in [1.82, 2.24) is 4.98 Å². The van der Waals surface area contributed by atoms with Crippen LogP contribution in [0.5, 0.6) is 11.5 Å². The number of hydrogen-bond donors (Lipinski definition) is 2. The van der Waals surface area contributed by atoms with Gasteiger partial charge in [-0.05, 0) is 41.5 Å². The molecule has 3 heterocycles. The predicted octanol–water partition coefficient (Wildman–Crippen LogP) is 6.10. The number of non-ortho nitro benzene ring substituents is 1. The molecule has 2 aromatic heterocycles. The van der Waals surface area contributed by atoms with Gasteiger partial charge in [0.25, 0.3) is 11.6 Å². The van der Waals surface area contributed by atoms with E-state index in [1.165, 1.54) is 35.6 Å². The first-order valence-electron chi connectivity index (χ1n) is 11.2. The number of carbonyl (C=O) groups is 1. The predicted molar refractivity (Wildman–Crippen MR) is 142 cm³/mol. The van der Waals surface area contributed by atoms with Crippen molar-refractivity contribution in [2.24, 2.45) is 0 Å². The number of nitrogen functional groups attached to an aromatic ring is 1. The maximum Gasteiger partial charge on any atom is 0.269 e. The third-order valence-corrected chi connectivity index (χ3v) is 7.09. The fourth-order valence-corrected chi connectivity index (χ4v) is 5.21. The minimum Gasteiger partial charge on any atom is -0.454 e. The van der Waals surface area contributed by atoms with E-state index in [1.54, 1.807) is 0 Å². The highest BCUT2D eigenvalue weighted by molar-refractivity contribution is 7.21. The minimum atomic E-state index is -0.497. The summed E-state index contributed by atoms with van der Waals surface area (Å²) in [5.41, 5.74) is 10.5. The molecule has 1 aliphatic heterocycles. The van der Waals surface area contributed by atoms with Gasteiger partial charge in [-0.2, -0.15) is 0 Å². The number of benzene rings is 3. The van der Waals surface area contributed by atoms with Crippen molar-refractivity contribution in [3.8, 4) is 33.9 Å². The van der Waals surface area contributed by atoms with Gasteiger partial charge in [0.15, 0.2) is 11.5 Å². The molecule has 1 aliphatic rings. The van der Waals surface area contributed by atoms with E-state index in [1.807, 2.05) is 54.6 Å². The maximum absolute atomic E-state index is 13.2.